The molecule has 1 fully saturated rings. The second-order valence-corrected chi connectivity index (χ2v) is 5.24. The van der Waals surface area contributed by atoms with E-state index in [0.29, 0.717) is 10.8 Å². The van der Waals surface area contributed by atoms with Gasteiger partial charge in [-0.25, -0.2) is 0 Å². The van der Waals surface area contributed by atoms with Crippen molar-refractivity contribution in [3.63, 3.8) is 0 Å². The number of halogens is 1. The van der Waals surface area contributed by atoms with Gasteiger partial charge in [0, 0.05) is 10.6 Å². The molecule has 0 amide bonds. The zero-order valence-electron chi connectivity index (χ0n) is 10.3. The number of piperazine rings is 1. The summed E-state index contributed by atoms with van der Waals surface area (Å²) in [5, 5.41) is 10.5. The van der Waals surface area contributed by atoms with Gasteiger partial charge in [-0.05, 0) is 25.1 Å². The first kappa shape index (κ1) is 12.7. The number of hydrogen-bond donors (Lipinski definition) is 3. The molecule has 1 aromatic carbocycles. The van der Waals surface area contributed by atoms with E-state index in [2.05, 4.69) is 6.92 Å². The van der Waals surface area contributed by atoms with Crippen molar-refractivity contribution < 1.29 is 14.9 Å². The Bertz CT molecular complexity index is 376. The summed E-state index contributed by atoms with van der Waals surface area (Å²) >= 11 is 5.96. The first-order valence-electron chi connectivity index (χ1n) is 6.33. The number of likely N-dealkylation sites (N-methyl/N-ethyl adjacent to an activating group) is 1. The van der Waals surface area contributed by atoms with Crippen LogP contribution in [0.2, 0.25) is 5.02 Å². The van der Waals surface area contributed by atoms with Crippen LogP contribution in [0.5, 0.6) is 5.75 Å². The molecule has 0 atom stereocenters. The number of quaternary nitrogens is 2. The smallest absolute Gasteiger partial charge is 0.127 e. The Labute approximate surface area is 108 Å². The van der Waals surface area contributed by atoms with Gasteiger partial charge in [0.05, 0.1) is 6.54 Å². The minimum absolute atomic E-state index is 0.368. The van der Waals surface area contributed by atoms with Crippen LogP contribution in [-0.4, -0.2) is 37.8 Å². The summed E-state index contributed by atoms with van der Waals surface area (Å²) < 4.78 is 0. The molecule has 0 aromatic heterocycles. The molecule has 1 heterocycles. The molecule has 0 unspecified atom stereocenters. The van der Waals surface area contributed by atoms with E-state index in [1.54, 1.807) is 21.9 Å². The van der Waals surface area contributed by atoms with Crippen LogP contribution < -0.4 is 9.80 Å². The minimum atomic E-state index is 0.368. The van der Waals surface area contributed by atoms with Crippen LogP contribution in [0.4, 0.5) is 0 Å². The van der Waals surface area contributed by atoms with Crippen molar-refractivity contribution in [2.24, 2.45) is 0 Å². The van der Waals surface area contributed by atoms with E-state index in [-0.39, 0.29) is 0 Å². The summed E-state index contributed by atoms with van der Waals surface area (Å²) in [6.07, 6.45) is 0. The fourth-order valence-electron chi connectivity index (χ4n) is 2.45. The Hall–Kier alpha value is -0.770. The van der Waals surface area contributed by atoms with Crippen molar-refractivity contribution in [2.45, 2.75) is 13.5 Å². The van der Waals surface area contributed by atoms with Crippen LogP contribution in [0.3, 0.4) is 0 Å². The third-order valence-corrected chi connectivity index (χ3v) is 3.88. The van der Waals surface area contributed by atoms with Crippen molar-refractivity contribution in [3.8, 4) is 5.75 Å². The maximum atomic E-state index is 9.79. The molecule has 94 valence electrons. The van der Waals surface area contributed by atoms with Crippen LogP contribution in [0.15, 0.2) is 18.2 Å². The van der Waals surface area contributed by atoms with Gasteiger partial charge in [-0.3, -0.25) is 0 Å². The van der Waals surface area contributed by atoms with Gasteiger partial charge in [0.2, 0.25) is 0 Å². The average Bonchev–Trinajstić information content (AvgIpc) is 2.35. The molecular formula is C13H21ClN2O+2. The van der Waals surface area contributed by atoms with Gasteiger partial charge in [0.15, 0.2) is 0 Å². The quantitative estimate of drug-likeness (QED) is 0.659. The molecule has 1 aliphatic rings. The number of rotatable bonds is 3. The van der Waals surface area contributed by atoms with E-state index in [1.807, 2.05) is 6.07 Å². The predicted octanol–water partition coefficient (Wildman–Crippen LogP) is -0.651. The zero-order chi connectivity index (χ0) is 12.3. The fourth-order valence-corrected chi connectivity index (χ4v) is 2.65. The van der Waals surface area contributed by atoms with E-state index < -0.39 is 0 Å². The van der Waals surface area contributed by atoms with Gasteiger partial charge in [-0.15, -0.1) is 0 Å². The van der Waals surface area contributed by atoms with Crippen LogP contribution in [0.1, 0.15) is 12.5 Å². The van der Waals surface area contributed by atoms with Crippen molar-refractivity contribution in [3.05, 3.63) is 28.8 Å². The van der Waals surface area contributed by atoms with E-state index in [0.717, 1.165) is 12.1 Å². The largest absolute Gasteiger partial charge is 0.507 e. The average molecular weight is 257 g/mol. The first-order chi connectivity index (χ1) is 8.19. The summed E-state index contributed by atoms with van der Waals surface area (Å²) in [6.45, 7) is 9.15. The van der Waals surface area contributed by atoms with Gasteiger partial charge in [0.1, 0.15) is 38.5 Å². The molecule has 0 spiro atoms. The van der Waals surface area contributed by atoms with Gasteiger partial charge < -0.3 is 14.9 Å². The molecule has 1 aliphatic heterocycles. The molecular weight excluding hydrogens is 236 g/mol. The number of aromatic hydroxyl groups is 1. The van der Waals surface area contributed by atoms with E-state index >= 15 is 0 Å². The first-order valence-corrected chi connectivity index (χ1v) is 6.71. The number of phenolic OH excluding ortho intramolecular Hbond substituents is 1. The third kappa shape index (κ3) is 3.35. The Morgan fingerprint density at radius 3 is 2.47 bits per heavy atom. The Balaban J connectivity index is 1.95. The van der Waals surface area contributed by atoms with Crippen molar-refractivity contribution in [1.82, 2.24) is 0 Å². The van der Waals surface area contributed by atoms with E-state index in [4.69, 9.17) is 11.6 Å². The van der Waals surface area contributed by atoms with Crippen molar-refractivity contribution in [2.75, 3.05) is 32.7 Å². The van der Waals surface area contributed by atoms with Crippen LogP contribution in [0.25, 0.3) is 0 Å². The molecule has 0 bridgehead atoms. The monoisotopic (exact) mass is 256 g/mol. The van der Waals surface area contributed by atoms with Gasteiger partial charge in [0.25, 0.3) is 0 Å². The van der Waals surface area contributed by atoms with E-state index in [1.165, 1.54) is 32.7 Å². The highest BCUT2D eigenvalue weighted by Crippen LogP contribution is 2.20. The summed E-state index contributed by atoms with van der Waals surface area (Å²) in [5.74, 6) is 0.368. The summed E-state index contributed by atoms with van der Waals surface area (Å²) in [4.78, 5) is 3.23. The molecule has 3 N–H and O–H groups in total. The van der Waals surface area contributed by atoms with Crippen LogP contribution >= 0.6 is 11.6 Å². The summed E-state index contributed by atoms with van der Waals surface area (Å²) in [7, 11) is 0. The Kier molecular flexibility index (Phi) is 4.26. The highest BCUT2D eigenvalue weighted by atomic mass is 35.5. The second kappa shape index (κ2) is 5.71. The highest BCUT2D eigenvalue weighted by Gasteiger charge is 2.22. The molecule has 3 nitrogen and oxygen atoms in total. The Morgan fingerprint density at radius 1 is 1.18 bits per heavy atom. The van der Waals surface area contributed by atoms with Crippen LogP contribution in [-0.2, 0) is 6.54 Å². The normalized spacial score (nSPS) is 24.8. The third-order valence-electron chi connectivity index (χ3n) is 3.65. The molecule has 0 saturated carbocycles. The van der Waals surface area contributed by atoms with Gasteiger partial charge >= 0.3 is 0 Å². The molecule has 4 heteroatoms. The molecule has 0 radical (unpaired) electrons. The number of hydrogen-bond acceptors (Lipinski definition) is 1. The van der Waals surface area contributed by atoms with Gasteiger partial charge in [-0.1, -0.05) is 11.6 Å². The van der Waals surface area contributed by atoms with Crippen molar-refractivity contribution in [1.29, 1.82) is 0 Å². The fraction of sp³-hybridized carbons (Fsp3) is 0.538. The lowest BCUT2D eigenvalue weighted by Gasteiger charge is -2.29. The van der Waals surface area contributed by atoms with Crippen molar-refractivity contribution >= 4 is 11.6 Å². The predicted molar refractivity (Wildman–Crippen MR) is 68.8 cm³/mol. The zero-order valence-corrected chi connectivity index (χ0v) is 11.1. The standard InChI is InChI=1S/C13H19ClN2O/c1-2-15-5-7-16(8-6-15)10-11-9-12(14)3-4-13(11)17/h3-4,9,17H,2,5-8,10H2,1H3/p+2. The lowest BCUT2D eigenvalue weighted by atomic mass is 10.1. The maximum Gasteiger partial charge on any atom is 0.127 e. The summed E-state index contributed by atoms with van der Waals surface area (Å²) in [6, 6.07) is 5.29. The topological polar surface area (TPSA) is 29.1 Å². The number of phenols is 1. The maximum absolute atomic E-state index is 9.79. The Morgan fingerprint density at radius 2 is 1.82 bits per heavy atom. The number of nitrogens with one attached hydrogen (secondary N) is 2. The molecule has 1 saturated heterocycles. The minimum Gasteiger partial charge on any atom is -0.507 e. The summed E-state index contributed by atoms with van der Waals surface area (Å²) in [5.41, 5.74) is 0.965. The molecule has 1 aromatic rings. The lowest BCUT2D eigenvalue weighted by molar-refractivity contribution is -1.02. The molecule has 2 rings (SSSR count). The van der Waals surface area contributed by atoms with Crippen LogP contribution in [0, 0.1) is 0 Å². The number of benzene rings is 1. The van der Waals surface area contributed by atoms with Gasteiger partial charge in [-0.2, -0.15) is 0 Å². The molecule has 17 heavy (non-hydrogen) atoms. The highest BCUT2D eigenvalue weighted by molar-refractivity contribution is 6.30. The second-order valence-electron chi connectivity index (χ2n) is 4.80. The SMILES string of the molecule is CC[NH+]1CC[NH+](Cc2cc(Cl)ccc2O)CC1. The lowest BCUT2D eigenvalue weighted by Crippen LogP contribution is -3.27. The van der Waals surface area contributed by atoms with E-state index in [9.17, 15) is 5.11 Å². The molecule has 0 aliphatic carbocycles.